The molecule has 1 N–H and O–H groups in total. The van der Waals surface area contributed by atoms with E-state index >= 15 is 0 Å². The number of carbonyl (C=O) groups excluding carboxylic acids is 1. The van der Waals surface area contributed by atoms with Crippen molar-refractivity contribution in [3.05, 3.63) is 0 Å². The SMILES string of the molecule is CCC(C)C(=O)N[C@@H](C)C1CCCO1. The van der Waals surface area contributed by atoms with Crippen molar-refractivity contribution < 1.29 is 9.53 Å². The number of ether oxygens (including phenoxy) is 1. The molecule has 0 saturated carbocycles. The summed E-state index contributed by atoms with van der Waals surface area (Å²) in [6.07, 6.45) is 3.31. The predicted octanol–water partition coefficient (Wildman–Crippen LogP) is 1.72. The molecule has 0 aromatic rings. The van der Waals surface area contributed by atoms with Crippen LogP contribution in [0.2, 0.25) is 0 Å². The van der Waals surface area contributed by atoms with Gasteiger partial charge in [0.05, 0.1) is 12.1 Å². The highest BCUT2D eigenvalue weighted by molar-refractivity contribution is 5.78. The van der Waals surface area contributed by atoms with Crippen molar-refractivity contribution in [3.63, 3.8) is 0 Å². The Kier molecular flexibility index (Phi) is 4.39. The van der Waals surface area contributed by atoms with E-state index in [1.54, 1.807) is 0 Å². The first-order valence-corrected chi connectivity index (χ1v) is 5.57. The Labute approximate surface area is 86.2 Å². The van der Waals surface area contributed by atoms with Gasteiger partial charge in [-0.05, 0) is 26.2 Å². The Hall–Kier alpha value is -0.570. The highest BCUT2D eigenvalue weighted by Crippen LogP contribution is 2.15. The molecule has 0 aromatic heterocycles. The van der Waals surface area contributed by atoms with E-state index in [0.29, 0.717) is 0 Å². The van der Waals surface area contributed by atoms with E-state index in [4.69, 9.17) is 4.74 Å². The minimum absolute atomic E-state index is 0.110. The zero-order valence-electron chi connectivity index (χ0n) is 9.38. The van der Waals surface area contributed by atoms with Gasteiger partial charge in [-0.3, -0.25) is 4.79 Å². The smallest absolute Gasteiger partial charge is 0.223 e. The van der Waals surface area contributed by atoms with Crippen molar-refractivity contribution >= 4 is 5.91 Å². The molecule has 3 heteroatoms. The summed E-state index contributed by atoms with van der Waals surface area (Å²) >= 11 is 0. The molecule has 1 heterocycles. The molecule has 2 unspecified atom stereocenters. The van der Waals surface area contributed by atoms with E-state index in [1.807, 2.05) is 20.8 Å². The van der Waals surface area contributed by atoms with Gasteiger partial charge in [-0.25, -0.2) is 0 Å². The molecule has 3 nitrogen and oxygen atoms in total. The van der Waals surface area contributed by atoms with Gasteiger partial charge >= 0.3 is 0 Å². The van der Waals surface area contributed by atoms with Crippen LogP contribution in [0.3, 0.4) is 0 Å². The molecule has 0 aliphatic carbocycles. The Bertz CT molecular complexity index is 188. The summed E-state index contributed by atoms with van der Waals surface area (Å²) in [5.74, 6) is 0.259. The van der Waals surface area contributed by atoms with Crippen LogP contribution in [0, 0.1) is 5.92 Å². The highest BCUT2D eigenvalue weighted by Gasteiger charge is 2.24. The van der Waals surface area contributed by atoms with Crippen molar-refractivity contribution in [1.29, 1.82) is 0 Å². The van der Waals surface area contributed by atoms with E-state index in [-0.39, 0.29) is 24.0 Å². The highest BCUT2D eigenvalue weighted by atomic mass is 16.5. The standard InChI is InChI=1S/C11H21NO2/c1-4-8(2)11(13)12-9(3)10-6-5-7-14-10/h8-10H,4-7H2,1-3H3,(H,12,13)/t8?,9-,10?/m0/s1. The lowest BCUT2D eigenvalue weighted by Gasteiger charge is -2.21. The van der Waals surface area contributed by atoms with Crippen LogP contribution in [0.5, 0.6) is 0 Å². The van der Waals surface area contributed by atoms with Gasteiger partial charge in [-0.2, -0.15) is 0 Å². The number of hydrogen-bond donors (Lipinski definition) is 1. The third kappa shape index (κ3) is 2.98. The number of amides is 1. The van der Waals surface area contributed by atoms with Gasteiger partial charge in [-0.1, -0.05) is 13.8 Å². The van der Waals surface area contributed by atoms with E-state index in [0.717, 1.165) is 25.9 Å². The van der Waals surface area contributed by atoms with Crippen LogP contribution in [0.4, 0.5) is 0 Å². The maximum atomic E-state index is 11.6. The third-order valence-corrected chi connectivity index (χ3v) is 2.95. The fourth-order valence-electron chi connectivity index (χ4n) is 1.64. The van der Waals surface area contributed by atoms with Crippen LogP contribution in [0.25, 0.3) is 0 Å². The van der Waals surface area contributed by atoms with Crippen molar-refractivity contribution in [2.75, 3.05) is 6.61 Å². The Morgan fingerprint density at radius 1 is 1.57 bits per heavy atom. The number of carbonyl (C=O) groups is 1. The largest absolute Gasteiger partial charge is 0.376 e. The molecule has 0 bridgehead atoms. The third-order valence-electron chi connectivity index (χ3n) is 2.95. The summed E-state index contributed by atoms with van der Waals surface area (Å²) < 4.78 is 5.51. The molecule has 1 fully saturated rings. The van der Waals surface area contributed by atoms with Gasteiger partial charge in [0.15, 0.2) is 0 Å². The lowest BCUT2D eigenvalue weighted by atomic mass is 10.1. The minimum atomic E-state index is 0.110. The quantitative estimate of drug-likeness (QED) is 0.748. The Morgan fingerprint density at radius 2 is 2.29 bits per heavy atom. The van der Waals surface area contributed by atoms with Crippen molar-refractivity contribution in [1.82, 2.24) is 5.32 Å². The molecule has 1 amide bonds. The fraction of sp³-hybridized carbons (Fsp3) is 0.909. The molecule has 14 heavy (non-hydrogen) atoms. The van der Waals surface area contributed by atoms with Crippen LogP contribution < -0.4 is 5.32 Å². The van der Waals surface area contributed by atoms with Crippen LogP contribution in [0.1, 0.15) is 40.0 Å². The second kappa shape index (κ2) is 5.35. The Balaban J connectivity index is 2.31. The van der Waals surface area contributed by atoms with E-state index in [1.165, 1.54) is 0 Å². The van der Waals surface area contributed by atoms with Gasteiger partial charge in [0.1, 0.15) is 0 Å². The summed E-state index contributed by atoms with van der Waals surface area (Å²) in [7, 11) is 0. The lowest BCUT2D eigenvalue weighted by molar-refractivity contribution is -0.126. The predicted molar refractivity (Wildman–Crippen MR) is 56.0 cm³/mol. The normalized spacial score (nSPS) is 25.8. The molecule has 0 spiro atoms. The molecule has 82 valence electrons. The monoisotopic (exact) mass is 199 g/mol. The summed E-state index contributed by atoms with van der Waals surface area (Å²) in [5.41, 5.74) is 0. The first-order chi connectivity index (χ1) is 6.65. The van der Waals surface area contributed by atoms with E-state index < -0.39 is 0 Å². The van der Waals surface area contributed by atoms with Gasteiger partial charge in [-0.15, -0.1) is 0 Å². The van der Waals surface area contributed by atoms with Crippen molar-refractivity contribution in [2.45, 2.75) is 52.2 Å². The van der Waals surface area contributed by atoms with Gasteiger partial charge in [0, 0.05) is 12.5 Å². The van der Waals surface area contributed by atoms with Gasteiger partial charge in [0.25, 0.3) is 0 Å². The lowest BCUT2D eigenvalue weighted by Crippen LogP contribution is -2.43. The maximum Gasteiger partial charge on any atom is 0.223 e. The molecule has 1 rings (SSSR count). The summed E-state index contributed by atoms with van der Waals surface area (Å²) in [6, 6.07) is 0.152. The fourth-order valence-corrected chi connectivity index (χ4v) is 1.64. The van der Waals surface area contributed by atoms with Crippen LogP contribution in [-0.4, -0.2) is 24.7 Å². The van der Waals surface area contributed by atoms with Crippen LogP contribution in [0.15, 0.2) is 0 Å². The molecule has 0 aromatic carbocycles. The first-order valence-electron chi connectivity index (χ1n) is 5.57. The molecular weight excluding hydrogens is 178 g/mol. The zero-order valence-corrected chi connectivity index (χ0v) is 9.38. The average Bonchev–Trinajstić information content (AvgIpc) is 2.69. The van der Waals surface area contributed by atoms with E-state index in [9.17, 15) is 4.79 Å². The topological polar surface area (TPSA) is 38.3 Å². The maximum absolute atomic E-state index is 11.6. The van der Waals surface area contributed by atoms with Crippen LogP contribution >= 0.6 is 0 Å². The molecule has 3 atom stereocenters. The minimum Gasteiger partial charge on any atom is -0.376 e. The molecule has 0 radical (unpaired) electrons. The number of hydrogen-bond acceptors (Lipinski definition) is 2. The molecular formula is C11H21NO2. The number of rotatable bonds is 4. The zero-order chi connectivity index (χ0) is 10.6. The first kappa shape index (κ1) is 11.5. The average molecular weight is 199 g/mol. The summed E-state index contributed by atoms with van der Waals surface area (Å²) in [6.45, 7) is 6.85. The van der Waals surface area contributed by atoms with Gasteiger partial charge < -0.3 is 10.1 Å². The second-order valence-electron chi connectivity index (χ2n) is 4.16. The second-order valence-corrected chi connectivity index (χ2v) is 4.16. The van der Waals surface area contributed by atoms with Crippen LogP contribution in [-0.2, 0) is 9.53 Å². The van der Waals surface area contributed by atoms with Gasteiger partial charge in [0.2, 0.25) is 5.91 Å². The summed E-state index contributed by atoms with van der Waals surface area (Å²) in [5, 5.41) is 3.01. The van der Waals surface area contributed by atoms with Crippen molar-refractivity contribution in [2.24, 2.45) is 5.92 Å². The molecule has 1 aliphatic heterocycles. The Morgan fingerprint density at radius 3 is 2.79 bits per heavy atom. The summed E-state index contributed by atoms with van der Waals surface area (Å²) in [4.78, 5) is 11.6. The van der Waals surface area contributed by atoms with E-state index in [2.05, 4.69) is 5.32 Å². The molecule has 1 aliphatic rings. The number of nitrogens with one attached hydrogen (secondary N) is 1. The van der Waals surface area contributed by atoms with Crippen molar-refractivity contribution in [3.8, 4) is 0 Å². The molecule has 1 saturated heterocycles.